The first kappa shape index (κ1) is 32.2. The van der Waals surface area contributed by atoms with E-state index in [-0.39, 0.29) is 6.04 Å². The zero-order chi connectivity index (χ0) is 25.3. The molecule has 1 amide bonds. The van der Waals surface area contributed by atoms with E-state index in [4.69, 9.17) is 4.74 Å². The summed E-state index contributed by atoms with van der Waals surface area (Å²) in [6, 6.07) is 0.343. The van der Waals surface area contributed by atoms with E-state index >= 15 is 0 Å². The first-order chi connectivity index (χ1) is 15.5. The minimum Gasteiger partial charge on any atom is -0.444 e. The van der Waals surface area contributed by atoms with Gasteiger partial charge in [0, 0.05) is 18.6 Å². The third kappa shape index (κ3) is 18.2. The molecule has 0 radical (unpaired) electrons. The number of hydrogen-bond donors (Lipinski definition) is 2. The predicted octanol–water partition coefficient (Wildman–Crippen LogP) is 7.45. The van der Waals surface area contributed by atoms with Crippen LogP contribution in [0.1, 0.15) is 139 Å². The summed E-state index contributed by atoms with van der Waals surface area (Å²) in [4.78, 5) is 14.7. The van der Waals surface area contributed by atoms with Crippen molar-refractivity contribution < 1.29 is 14.6 Å². The number of carbonyl (C=O) groups excluding carboxylic acids is 1. The van der Waals surface area contributed by atoms with Crippen LogP contribution in [0.15, 0.2) is 0 Å². The molecule has 0 saturated carbocycles. The monoisotopic (exact) mass is 470 g/mol. The first-order valence-electron chi connectivity index (χ1n) is 13.9. The van der Waals surface area contributed by atoms with Crippen LogP contribution in [0.4, 0.5) is 4.79 Å². The second-order valence-electron chi connectivity index (χ2n) is 11.4. The Morgan fingerprint density at radius 3 is 1.64 bits per heavy atom. The van der Waals surface area contributed by atoms with E-state index < -0.39 is 17.8 Å². The van der Waals surface area contributed by atoms with Crippen LogP contribution in [0.3, 0.4) is 0 Å². The molecule has 5 heteroatoms. The third-order valence-corrected chi connectivity index (χ3v) is 6.25. The zero-order valence-corrected chi connectivity index (χ0v) is 23.4. The molecule has 0 aromatic carbocycles. The lowest BCUT2D eigenvalue weighted by Gasteiger charge is -2.36. The maximum atomic E-state index is 12.4. The number of aliphatic hydroxyl groups excluding tert-OH is 1. The Labute approximate surface area is 206 Å². The maximum absolute atomic E-state index is 12.4. The molecule has 0 aliphatic rings. The minimum atomic E-state index is -0.569. The Hall–Kier alpha value is -0.810. The molecule has 0 aromatic rings. The summed E-state index contributed by atoms with van der Waals surface area (Å²) in [5.41, 5.74) is -0.551. The average molecular weight is 471 g/mol. The Morgan fingerprint density at radius 2 is 1.24 bits per heavy atom. The number of nitrogens with one attached hydrogen (secondary N) is 1. The maximum Gasteiger partial charge on any atom is 0.408 e. The van der Waals surface area contributed by atoms with Gasteiger partial charge >= 0.3 is 6.09 Å². The molecule has 0 fully saturated rings. The molecule has 0 rings (SSSR count). The highest BCUT2D eigenvalue weighted by Gasteiger charge is 2.28. The fraction of sp³-hybridized carbons (Fsp3) is 0.964. The van der Waals surface area contributed by atoms with Gasteiger partial charge in [0.15, 0.2) is 0 Å². The summed E-state index contributed by atoms with van der Waals surface area (Å²) in [7, 11) is 0. The van der Waals surface area contributed by atoms with Crippen molar-refractivity contribution in [3.05, 3.63) is 0 Å². The SMILES string of the molecule is CCCCCCCCCCCCCC[C@H](O)[C@H](CN(C(C)C)C(C)C)NC(=O)OC(C)(C)C. The van der Waals surface area contributed by atoms with Gasteiger partial charge < -0.3 is 15.2 Å². The van der Waals surface area contributed by atoms with Crippen molar-refractivity contribution in [1.29, 1.82) is 0 Å². The second-order valence-corrected chi connectivity index (χ2v) is 11.4. The van der Waals surface area contributed by atoms with Gasteiger partial charge in [0.05, 0.1) is 12.1 Å². The fourth-order valence-electron chi connectivity index (χ4n) is 4.36. The van der Waals surface area contributed by atoms with Crippen LogP contribution >= 0.6 is 0 Å². The molecule has 2 atom stereocenters. The number of amides is 1. The van der Waals surface area contributed by atoms with Crippen molar-refractivity contribution in [3.8, 4) is 0 Å². The topological polar surface area (TPSA) is 61.8 Å². The van der Waals surface area contributed by atoms with Crippen molar-refractivity contribution in [1.82, 2.24) is 10.2 Å². The minimum absolute atomic E-state index is 0.336. The second kappa shape index (κ2) is 18.5. The summed E-state index contributed by atoms with van der Waals surface area (Å²) in [5.74, 6) is 0. The van der Waals surface area contributed by atoms with Gasteiger partial charge in [0.25, 0.3) is 0 Å². The summed E-state index contributed by atoms with van der Waals surface area (Å²) in [6.45, 7) is 17.1. The molecule has 5 nitrogen and oxygen atoms in total. The molecular formula is C28H58N2O3. The van der Waals surface area contributed by atoms with Gasteiger partial charge in [-0.2, -0.15) is 0 Å². The van der Waals surface area contributed by atoms with Crippen LogP contribution in [0.5, 0.6) is 0 Å². The van der Waals surface area contributed by atoms with Crippen molar-refractivity contribution in [2.45, 2.75) is 169 Å². The average Bonchev–Trinajstić information content (AvgIpc) is 2.69. The highest BCUT2D eigenvalue weighted by Crippen LogP contribution is 2.16. The normalized spacial score (nSPS) is 14.2. The van der Waals surface area contributed by atoms with E-state index in [9.17, 15) is 9.90 Å². The molecule has 0 heterocycles. The predicted molar refractivity (Wildman–Crippen MR) is 142 cm³/mol. The van der Waals surface area contributed by atoms with Gasteiger partial charge in [0.2, 0.25) is 0 Å². The van der Waals surface area contributed by atoms with Gasteiger partial charge in [-0.3, -0.25) is 4.90 Å². The fourth-order valence-corrected chi connectivity index (χ4v) is 4.36. The van der Waals surface area contributed by atoms with Crippen LogP contribution in [0, 0.1) is 0 Å². The van der Waals surface area contributed by atoms with Crippen molar-refractivity contribution in [2.75, 3.05) is 6.54 Å². The number of nitrogens with zero attached hydrogens (tertiary/aromatic N) is 1. The van der Waals surface area contributed by atoms with E-state index in [1.165, 1.54) is 64.2 Å². The number of carbonyl (C=O) groups is 1. The van der Waals surface area contributed by atoms with E-state index in [2.05, 4.69) is 44.8 Å². The van der Waals surface area contributed by atoms with Crippen LogP contribution in [-0.2, 0) is 4.74 Å². The molecule has 0 aliphatic carbocycles. The van der Waals surface area contributed by atoms with Gasteiger partial charge in [-0.05, 0) is 54.9 Å². The Kier molecular flexibility index (Phi) is 18.1. The van der Waals surface area contributed by atoms with Gasteiger partial charge in [-0.15, -0.1) is 0 Å². The Balaban J connectivity index is 4.38. The summed E-state index contributed by atoms with van der Waals surface area (Å²) in [6.07, 6.45) is 15.3. The molecular weight excluding hydrogens is 412 g/mol. The quantitative estimate of drug-likeness (QED) is 0.192. The van der Waals surface area contributed by atoms with Gasteiger partial charge in [-0.25, -0.2) is 4.79 Å². The molecule has 2 N–H and O–H groups in total. The highest BCUT2D eigenvalue weighted by atomic mass is 16.6. The van der Waals surface area contributed by atoms with Crippen LogP contribution in [0.25, 0.3) is 0 Å². The summed E-state index contributed by atoms with van der Waals surface area (Å²) in [5, 5.41) is 13.9. The number of alkyl carbamates (subject to hydrolysis) is 1. The molecule has 198 valence electrons. The Morgan fingerprint density at radius 1 is 0.818 bits per heavy atom. The molecule has 0 saturated heterocycles. The van der Waals surface area contributed by atoms with E-state index in [0.29, 0.717) is 25.0 Å². The van der Waals surface area contributed by atoms with E-state index in [1.54, 1.807) is 0 Å². The number of aliphatic hydroxyl groups is 1. The number of ether oxygens (including phenoxy) is 1. The van der Waals surface area contributed by atoms with Crippen LogP contribution in [0.2, 0.25) is 0 Å². The van der Waals surface area contributed by atoms with Crippen LogP contribution < -0.4 is 5.32 Å². The van der Waals surface area contributed by atoms with Crippen molar-refractivity contribution >= 4 is 6.09 Å². The van der Waals surface area contributed by atoms with Gasteiger partial charge in [-0.1, -0.05) is 84.0 Å². The van der Waals surface area contributed by atoms with Crippen molar-refractivity contribution in [2.24, 2.45) is 0 Å². The molecule has 0 aliphatic heterocycles. The van der Waals surface area contributed by atoms with Gasteiger partial charge in [0.1, 0.15) is 5.60 Å². The molecule has 0 bridgehead atoms. The molecule has 0 aromatic heterocycles. The number of unbranched alkanes of at least 4 members (excludes halogenated alkanes) is 11. The molecule has 0 unspecified atom stereocenters. The lowest BCUT2D eigenvalue weighted by molar-refractivity contribution is 0.0318. The van der Waals surface area contributed by atoms with E-state index in [0.717, 1.165) is 12.8 Å². The summed E-state index contributed by atoms with van der Waals surface area (Å²) >= 11 is 0. The van der Waals surface area contributed by atoms with E-state index in [1.807, 2.05) is 20.8 Å². The summed E-state index contributed by atoms with van der Waals surface area (Å²) < 4.78 is 5.46. The standard InChI is InChI=1S/C28H58N2O3/c1-9-10-11-12-13-14-15-16-17-18-19-20-21-26(31)25(22-30(23(2)3)24(4)5)29-27(32)33-28(6,7)8/h23-26,31H,9-22H2,1-8H3,(H,29,32)/t25-,26-/m0/s1. The Bertz CT molecular complexity index is 466. The third-order valence-electron chi connectivity index (χ3n) is 6.25. The lowest BCUT2D eigenvalue weighted by atomic mass is 10.0. The molecule has 0 spiro atoms. The number of rotatable bonds is 19. The zero-order valence-electron chi connectivity index (χ0n) is 23.4. The largest absolute Gasteiger partial charge is 0.444 e. The first-order valence-corrected chi connectivity index (χ1v) is 13.9. The smallest absolute Gasteiger partial charge is 0.408 e. The highest BCUT2D eigenvalue weighted by molar-refractivity contribution is 5.68. The van der Waals surface area contributed by atoms with Crippen LogP contribution in [-0.4, -0.2) is 52.5 Å². The van der Waals surface area contributed by atoms with Crippen molar-refractivity contribution in [3.63, 3.8) is 0 Å². The lowest BCUT2D eigenvalue weighted by Crippen LogP contribution is -2.54. The molecule has 33 heavy (non-hydrogen) atoms. The number of hydrogen-bond acceptors (Lipinski definition) is 4.